The van der Waals surface area contributed by atoms with Crippen molar-refractivity contribution in [2.24, 2.45) is 0 Å². The Morgan fingerprint density at radius 1 is 1.14 bits per heavy atom. The molecule has 0 saturated heterocycles. The van der Waals surface area contributed by atoms with E-state index in [1.54, 1.807) is 17.8 Å². The average molecular weight is 412 g/mol. The van der Waals surface area contributed by atoms with Crippen molar-refractivity contribution >= 4 is 22.7 Å². The summed E-state index contributed by atoms with van der Waals surface area (Å²) in [7, 11) is 0. The van der Waals surface area contributed by atoms with Crippen molar-refractivity contribution < 1.29 is 4.42 Å². The van der Waals surface area contributed by atoms with E-state index in [-0.39, 0.29) is 5.63 Å². The lowest BCUT2D eigenvalue weighted by Gasteiger charge is -2.25. The zero-order chi connectivity index (χ0) is 20.5. The van der Waals surface area contributed by atoms with Crippen LogP contribution in [0.1, 0.15) is 80.4 Å². The fourth-order valence-corrected chi connectivity index (χ4v) is 5.53. The Bertz CT molecular complexity index is 1080. The third-order valence-electron chi connectivity index (χ3n) is 5.97. The Morgan fingerprint density at radius 2 is 1.90 bits per heavy atom. The van der Waals surface area contributed by atoms with Gasteiger partial charge in [-0.2, -0.15) is 0 Å². The van der Waals surface area contributed by atoms with E-state index in [0.717, 1.165) is 27.5 Å². The average Bonchev–Trinajstić information content (AvgIpc) is 3.06. The number of hydrogen-bond acceptors (Lipinski definition) is 5. The summed E-state index contributed by atoms with van der Waals surface area (Å²) in [5.41, 5.74) is 3.82. The third kappa shape index (κ3) is 4.13. The molecule has 29 heavy (non-hydrogen) atoms. The smallest absolute Gasteiger partial charge is 0.336 e. The quantitative estimate of drug-likeness (QED) is 0.385. The highest BCUT2D eigenvalue weighted by molar-refractivity contribution is 7.98. The highest BCUT2D eigenvalue weighted by Gasteiger charge is 2.21. The van der Waals surface area contributed by atoms with E-state index < -0.39 is 0 Å². The second-order valence-corrected chi connectivity index (χ2v) is 9.37. The van der Waals surface area contributed by atoms with Crippen LogP contribution in [-0.4, -0.2) is 14.8 Å². The predicted octanol–water partition coefficient (Wildman–Crippen LogP) is 5.92. The standard InChI is InChI=1S/C23H29N3O2S/c1-14(2)19-12-20-17(11-22(27)28-21(20)10-15(19)3)13-29-23-25-24-16(4)26(23)18-8-6-5-7-9-18/h10-12,14,18H,5-9,13H2,1-4H3. The highest BCUT2D eigenvalue weighted by Crippen LogP contribution is 2.34. The lowest BCUT2D eigenvalue weighted by atomic mass is 9.95. The van der Waals surface area contributed by atoms with Crippen molar-refractivity contribution in [2.75, 3.05) is 0 Å². The molecule has 5 nitrogen and oxygen atoms in total. The molecule has 1 aliphatic carbocycles. The molecule has 1 aliphatic rings. The van der Waals surface area contributed by atoms with Gasteiger partial charge in [-0.3, -0.25) is 0 Å². The summed E-state index contributed by atoms with van der Waals surface area (Å²) >= 11 is 1.67. The van der Waals surface area contributed by atoms with Crippen molar-refractivity contribution in [1.29, 1.82) is 0 Å². The number of fused-ring (bicyclic) bond motifs is 1. The second kappa shape index (κ2) is 8.34. The first-order chi connectivity index (χ1) is 13.9. The highest BCUT2D eigenvalue weighted by atomic mass is 32.2. The summed E-state index contributed by atoms with van der Waals surface area (Å²) in [6.07, 6.45) is 6.26. The van der Waals surface area contributed by atoms with Gasteiger partial charge in [0.15, 0.2) is 5.16 Å². The molecule has 2 aromatic heterocycles. The normalized spacial score (nSPS) is 15.5. The minimum Gasteiger partial charge on any atom is -0.423 e. The van der Waals surface area contributed by atoms with Gasteiger partial charge in [-0.25, -0.2) is 4.79 Å². The first-order valence-corrected chi connectivity index (χ1v) is 11.5. The van der Waals surface area contributed by atoms with Crippen LogP contribution in [0.5, 0.6) is 0 Å². The number of hydrogen-bond donors (Lipinski definition) is 0. The van der Waals surface area contributed by atoms with Gasteiger partial charge in [0, 0.05) is 23.2 Å². The molecular formula is C23H29N3O2S. The van der Waals surface area contributed by atoms with E-state index in [2.05, 4.69) is 41.6 Å². The van der Waals surface area contributed by atoms with E-state index in [1.165, 1.54) is 37.7 Å². The molecule has 0 N–H and O–H groups in total. The van der Waals surface area contributed by atoms with Crippen LogP contribution in [0, 0.1) is 13.8 Å². The van der Waals surface area contributed by atoms with Gasteiger partial charge in [0.2, 0.25) is 0 Å². The molecule has 0 atom stereocenters. The summed E-state index contributed by atoms with van der Waals surface area (Å²) < 4.78 is 7.80. The van der Waals surface area contributed by atoms with Crippen molar-refractivity contribution in [3.05, 3.63) is 51.1 Å². The van der Waals surface area contributed by atoms with E-state index >= 15 is 0 Å². The van der Waals surface area contributed by atoms with Crippen molar-refractivity contribution in [3.8, 4) is 0 Å². The summed E-state index contributed by atoms with van der Waals surface area (Å²) in [6, 6.07) is 6.30. The molecule has 4 rings (SSSR count). The van der Waals surface area contributed by atoms with Crippen LogP contribution in [0.2, 0.25) is 0 Å². The van der Waals surface area contributed by atoms with Gasteiger partial charge in [0.25, 0.3) is 0 Å². The molecule has 1 fully saturated rings. The number of benzene rings is 1. The zero-order valence-corrected chi connectivity index (χ0v) is 18.5. The molecule has 2 heterocycles. The van der Waals surface area contributed by atoms with Crippen LogP contribution in [0.25, 0.3) is 11.0 Å². The van der Waals surface area contributed by atoms with Crippen molar-refractivity contribution in [3.63, 3.8) is 0 Å². The molecule has 0 unspecified atom stereocenters. The topological polar surface area (TPSA) is 60.9 Å². The zero-order valence-electron chi connectivity index (χ0n) is 17.7. The van der Waals surface area contributed by atoms with Gasteiger partial charge in [0.1, 0.15) is 11.4 Å². The van der Waals surface area contributed by atoms with Crippen LogP contribution in [-0.2, 0) is 5.75 Å². The molecule has 1 aromatic carbocycles. The molecule has 0 amide bonds. The fourth-order valence-electron chi connectivity index (χ4n) is 4.48. The van der Waals surface area contributed by atoms with E-state index in [0.29, 0.717) is 23.3 Å². The molecule has 0 spiro atoms. The summed E-state index contributed by atoms with van der Waals surface area (Å²) in [5.74, 6) is 2.08. The Balaban J connectivity index is 1.67. The Hall–Kier alpha value is -2.08. The molecule has 1 saturated carbocycles. The maximum Gasteiger partial charge on any atom is 0.336 e. The van der Waals surface area contributed by atoms with E-state index in [1.807, 2.05) is 13.0 Å². The number of aryl methyl sites for hydroxylation is 2. The number of rotatable bonds is 5. The van der Waals surface area contributed by atoms with Crippen LogP contribution < -0.4 is 5.63 Å². The Morgan fingerprint density at radius 3 is 2.62 bits per heavy atom. The van der Waals surface area contributed by atoms with Gasteiger partial charge in [-0.15, -0.1) is 10.2 Å². The fraction of sp³-hybridized carbons (Fsp3) is 0.522. The summed E-state index contributed by atoms with van der Waals surface area (Å²) in [5, 5.41) is 10.8. The summed E-state index contributed by atoms with van der Waals surface area (Å²) in [4.78, 5) is 12.2. The van der Waals surface area contributed by atoms with Gasteiger partial charge in [-0.05, 0) is 61.4 Å². The van der Waals surface area contributed by atoms with Crippen LogP contribution in [0.15, 0.2) is 32.6 Å². The largest absolute Gasteiger partial charge is 0.423 e. The molecule has 3 aromatic rings. The van der Waals surface area contributed by atoms with Crippen LogP contribution in [0.3, 0.4) is 0 Å². The maximum absolute atomic E-state index is 12.2. The number of thioether (sulfide) groups is 1. The predicted molar refractivity (Wildman–Crippen MR) is 118 cm³/mol. The Labute approximate surface area is 175 Å². The van der Waals surface area contributed by atoms with Gasteiger partial charge >= 0.3 is 5.63 Å². The summed E-state index contributed by atoms with van der Waals surface area (Å²) in [6.45, 7) is 8.50. The minimum atomic E-state index is -0.297. The SMILES string of the molecule is Cc1cc2oc(=O)cc(CSc3nnc(C)n3C3CCCCC3)c2cc1C(C)C. The van der Waals surface area contributed by atoms with Gasteiger partial charge in [0.05, 0.1) is 0 Å². The third-order valence-corrected chi connectivity index (χ3v) is 6.96. The van der Waals surface area contributed by atoms with Crippen molar-refractivity contribution in [1.82, 2.24) is 14.8 Å². The van der Waals surface area contributed by atoms with Gasteiger partial charge < -0.3 is 8.98 Å². The monoisotopic (exact) mass is 411 g/mol. The molecular weight excluding hydrogens is 382 g/mol. The van der Waals surface area contributed by atoms with E-state index in [4.69, 9.17) is 4.42 Å². The first-order valence-electron chi connectivity index (χ1n) is 10.6. The maximum atomic E-state index is 12.2. The van der Waals surface area contributed by atoms with Crippen LogP contribution in [0.4, 0.5) is 0 Å². The van der Waals surface area contributed by atoms with E-state index in [9.17, 15) is 4.79 Å². The number of aromatic nitrogens is 3. The molecule has 6 heteroatoms. The lowest BCUT2D eigenvalue weighted by Crippen LogP contribution is -2.15. The van der Waals surface area contributed by atoms with Crippen molar-refractivity contribution in [2.45, 2.75) is 82.7 Å². The first kappa shape index (κ1) is 20.2. The molecule has 154 valence electrons. The second-order valence-electron chi connectivity index (χ2n) is 8.43. The lowest BCUT2D eigenvalue weighted by molar-refractivity contribution is 0.332. The Kier molecular flexibility index (Phi) is 5.81. The molecule has 0 radical (unpaired) electrons. The van der Waals surface area contributed by atoms with Gasteiger partial charge in [-0.1, -0.05) is 44.9 Å². The minimum absolute atomic E-state index is 0.297. The number of nitrogens with zero attached hydrogens (tertiary/aromatic N) is 3. The molecule has 0 aliphatic heterocycles. The molecule has 0 bridgehead atoms. The van der Waals surface area contributed by atoms with Crippen LogP contribution >= 0.6 is 11.8 Å².